The summed E-state index contributed by atoms with van der Waals surface area (Å²) < 4.78 is 0. The van der Waals surface area contributed by atoms with E-state index in [1.54, 1.807) is 0 Å². The molecule has 0 amide bonds. The Hall–Kier alpha value is -0.310. The third-order valence-electron chi connectivity index (χ3n) is 1.47. The Morgan fingerprint density at radius 1 is 1.36 bits per heavy atom. The molecule has 0 rings (SSSR count). The van der Waals surface area contributed by atoms with Crippen molar-refractivity contribution in [3.63, 3.8) is 0 Å². The van der Waals surface area contributed by atoms with Crippen molar-refractivity contribution >= 4 is 22.7 Å². The van der Waals surface area contributed by atoms with Gasteiger partial charge in [-0.2, -0.15) is 0 Å². The number of carbonyl (C=O) groups excluding carboxylic acids is 2. The molecule has 0 aliphatic heterocycles. The first kappa shape index (κ1) is 10.7. The van der Waals surface area contributed by atoms with Crippen LogP contribution in [0.3, 0.4) is 0 Å². The molecule has 0 fully saturated rings. The molecule has 3 heteroatoms. The van der Waals surface area contributed by atoms with Gasteiger partial charge in [0, 0.05) is 0 Å². The first-order valence-electron chi connectivity index (χ1n) is 3.80. The lowest BCUT2D eigenvalue weighted by Gasteiger charge is -2.07. The summed E-state index contributed by atoms with van der Waals surface area (Å²) in [7, 11) is 0. The van der Waals surface area contributed by atoms with Crippen LogP contribution in [0.2, 0.25) is 0 Å². The molecule has 0 aromatic rings. The normalized spacial score (nSPS) is 12.6. The highest BCUT2D eigenvalue weighted by atomic mass is 32.2. The van der Waals surface area contributed by atoms with E-state index in [1.807, 2.05) is 13.8 Å². The maximum absolute atomic E-state index is 11.2. The van der Waals surface area contributed by atoms with Gasteiger partial charge in [-0.15, -0.1) is 0 Å². The summed E-state index contributed by atoms with van der Waals surface area (Å²) >= 11 is 1.23. The van der Waals surface area contributed by atoms with Crippen molar-refractivity contribution in [1.82, 2.24) is 0 Å². The summed E-state index contributed by atoms with van der Waals surface area (Å²) in [4.78, 5) is 22.0. The van der Waals surface area contributed by atoms with Crippen LogP contribution in [0.15, 0.2) is 0 Å². The van der Waals surface area contributed by atoms with E-state index >= 15 is 0 Å². The number of thioether (sulfide) groups is 1. The van der Waals surface area contributed by atoms with Gasteiger partial charge < -0.3 is 0 Å². The smallest absolute Gasteiger partial charge is 0.199 e. The molecule has 0 aromatic heterocycles. The summed E-state index contributed by atoms with van der Waals surface area (Å²) in [6, 6.07) is 0. The molecule has 0 bridgehead atoms. The van der Waals surface area contributed by atoms with E-state index in [2.05, 4.69) is 0 Å². The molecule has 1 atom stereocenters. The van der Waals surface area contributed by atoms with Gasteiger partial charge in [-0.3, -0.25) is 9.59 Å². The molecule has 0 saturated heterocycles. The van der Waals surface area contributed by atoms with E-state index in [-0.39, 0.29) is 16.8 Å². The molecule has 0 N–H and O–H groups in total. The lowest BCUT2D eigenvalue weighted by Crippen LogP contribution is -2.18. The highest BCUT2D eigenvalue weighted by Crippen LogP contribution is 2.14. The van der Waals surface area contributed by atoms with Crippen molar-refractivity contribution in [2.45, 2.75) is 27.2 Å². The van der Waals surface area contributed by atoms with Gasteiger partial charge in [0.25, 0.3) is 0 Å². The molecule has 0 aromatic carbocycles. The van der Waals surface area contributed by atoms with Crippen molar-refractivity contribution < 1.29 is 9.59 Å². The van der Waals surface area contributed by atoms with E-state index in [0.29, 0.717) is 6.42 Å². The average molecular weight is 174 g/mol. The van der Waals surface area contributed by atoms with Gasteiger partial charge in [-0.05, 0) is 19.1 Å². The number of hydrogen-bond acceptors (Lipinski definition) is 3. The summed E-state index contributed by atoms with van der Waals surface area (Å²) in [6.07, 6.45) is 0.626. The van der Waals surface area contributed by atoms with Gasteiger partial charge in [0.2, 0.25) is 0 Å². The second-order valence-electron chi connectivity index (χ2n) is 2.32. The minimum absolute atomic E-state index is 0.0153. The zero-order chi connectivity index (χ0) is 8.85. The molecule has 0 spiro atoms. The molecule has 0 saturated carbocycles. The predicted octanol–water partition coefficient (Wildman–Crippen LogP) is 1.88. The SMILES string of the molecule is CCSC(=O)C(CC)C(C)=O. The summed E-state index contributed by atoms with van der Waals surface area (Å²) in [5.74, 6) is 0.362. The predicted molar refractivity (Wildman–Crippen MR) is 47.6 cm³/mol. The van der Waals surface area contributed by atoms with Gasteiger partial charge >= 0.3 is 0 Å². The molecule has 0 aliphatic rings. The third kappa shape index (κ3) is 3.56. The fourth-order valence-corrected chi connectivity index (χ4v) is 1.68. The van der Waals surface area contributed by atoms with Crippen LogP contribution in [-0.4, -0.2) is 16.7 Å². The first-order chi connectivity index (χ1) is 5.13. The maximum Gasteiger partial charge on any atom is 0.199 e. The molecule has 0 aliphatic carbocycles. The van der Waals surface area contributed by atoms with Crippen molar-refractivity contribution in [3.8, 4) is 0 Å². The van der Waals surface area contributed by atoms with Crippen LogP contribution >= 0.6 is 11.8 Å². The summed E-state index contributed by atoms with van der Waals surface area (Å²) in [6.45, 7) is 5.25. The van der Waals surface area contributed by atoms with E-state index in [4.69, 9.17) is 0 Å². The monoisotopic (exact) mass is 174 g/mol. The Morgan fingerprint density at radius 2 is 1.91 bits per heavy atom. The van der Waals surface area contributed by atoms with Crippen molar-refractivity contribution in [1.29, 1.82) is 0 Å². The van der Waals surface area contributed by atoms with Gasteiger partial charge in [-0.1, -0.05) is 25.6 Å². The van der Waals surface area contributed by atoms with Crippen LogP contribution in [0.1, 0.15) is 27.2 Å². The first-order valence-corrected chi connectivity index (χ1v) is 4.79. The Kier molecular flexibility index (Phi) is 5.20. The number of ketones is 1. The molecular weight excluding hydrogens is 160 g/mol. The van der Waals surface area contributed by atoms with E-state index in [0.717, 1.165) is 5.75 Å². The van der Waals surface area contributed by atoms with Crippen LogP contribution in [-0.2, 0) is 9.59 Å². The Bertz CT molecular complexity index is 154. The van der Waals surface area contributed by atoms with Crippen LogP contribution in [0.5, 0.6) is 0 Å². The van der Waals surface area contributed by atoms with Crippen LogP contribution < -0.4 is 0 Å². The molecule has 11 heavy (non-hydrogen) atoms. The van der Waals surface area contributed by atoms with Gasteiger partial charge in [0.15, 0.2) is 5.12 Å². The van der Waals surface area contributed by atoms with Gasteiger partial charge in [0.1, 0.15) is 5.78 Å². The quantitative estimate of drug-likeness (QED) is 0.610. The summed E-state index contributed by atoms with van der Waals surface area (Å²) in [5.41, 5.74) is 0. The molecule has 2 nitrogen and oxygen atoms in total. The molecular formula is C8H14O2S. The number of rotatable bonds is 4. The van der Waals surface area contributed by atoms with E-state index in [9.17, 15) is 9.59 Å². The van der Waals surface area contributed by atoms with Crippen molar-refractivity contribution in [2.75, 3.05) is 5.75 Å². The number of carbonyl (C=O) groups is 2. The van der Waals surface area contributed by atoms with Crippen molar-refractivity contribution in [2.24, 2.45) is 5.92 Å². The zero-order valence-corrected chi connectivity index (χ0v) is 8.03. The fourth-order valence-electron chi connectivity index (χ4n) is 0.863. The van der Waals surface area contributed by atoms with Gasteiger partial charge in [-0.25, -0.2) is 0 Å². The van der Waals surface area contributed by atoms with Crippen molar-refractivity contribution in [3.05, 3.63) is 0 Å². The lowest BCUT2D eigenvalue weighted by atomic mass is 10.0. The Labute approximate surface area is 71.7 Å². The third-order valence-corrected chi connectivity index (χ3v) is 2.33. The van der Waals surface area contributed by atoms with E-state index < -0.39 is 0 Å². The highest BCUT2D eigenvalue weighted by Gasteiger charge is 2.20. The topological polar surface area (TPSA) is 34.1 Å². The second-order valence-corrected chi connectivity index (χ2v) is 3.59. The Balaban J connectivity index is 4.03. The fraction of sp³-hybridized carbons (Fsp3) is 0.750. The minimum Gasteiger partial charge on any atom is -0.299 e. The lowest BCUT2D eigenvalue weighted by molar-refractivity contribution is -0.127. The average Bonchev–Trinajstić information content (AvgIpc) is 1.88. The minimum atomic E-state index is -0.375. The standard InChI is InChI=1S/C8H14O2S/c1-4-7(6(3)9)8(10)11-5-2/h7H,4-5H2,1-3H3. The molecule has 64 valence electrons. The zero-order valence-electron chi connectivity index (χ0n) is 7.22. The number of hydrogen-bond donors (Lipinski definition) is 0. The highest BCUT2D eigenvalue weighted by molar-refractivity contribution is 8.13. The largest absolute Gasteiger partial charge is 0.299 e. The van der Waals surface area contributed by atoms with Crippen LogP contribution in [0.25, 0.3) is 0 Å². The molecule has 1 unspecified atom stereocenters. The van der Waals surface area contributed by atoms with Gasteiger partial charge in [0.05, 0.1) is 5.92 Å². The Morgan fingerprint density at radius 3 is 2.18 bits per heavy atom. The maximum atomic E-state index is 11.2. The van der Waals surface area contributed by atoms with Crippen LogP contribution in [0, 0.1) is 5.92 Å². The molecule has 0 radical (unpaired) electrons. The summed E-state index contributed by atoms with van der Waals surface area (Å²) in [5, 5.41) is 0.0162. The molecule has 0 heterocycles. The number of Topliss-reactive ketones (excluding diaryl/α,β-unsaturated/α-hetero) is 1. The van der Waals surface area contributed by atoms with E-state index in [1.165, 1.54) is 18.7 Å². The van der Waals surface area contributed by atoms with Crippen LogP contribution in [0.4, 0.5) is 0 Å². The second kappa shape index (κ2) is 5.35.